The van der Waals surface area contributed by atoms with Gasteiger partial charge in [0.15, 0.2) is 0 Å². The molecule has 0 atom stereocenters. The van der Waals surface area contributed by atoms with E-state index in [1.54, 1.807) is 24.5 Å². The Hall–Kier alpha value is -2.27. The van der Waals surface area contributed by atoms with Crippen LogP contribution in [0.4, 0.5) is 0 Å². The summed E-state index contributed by atoms with van der Waals surface area (Å²) in [5, 5.41) is 3.30. The first kappa shape index (κ1) is 16.1. The first-order chi connectivity index (χ1) is 10.8. The average Bonchev–Trinajstić information content (AvgIpc) is 3.07. The van der Waals surface area contributed by atoms with E-state index in [4.69, 9.17) is 13.9 Å². The Morgan fingerprint density at radius 2 is 2.05 bits per heavy atom. The van der Waals surface area contributed by atoms with Crippen molar-refractivity contribution < 1.29 is 18.7 Å². The molecular weight excluding hydrogens is 282 g/mol. The molecule has 0 amide bonds. The number of methoxy groups -OCH3 is 1. The first-order valence-electron chi connectivity index (χ1n) is 7.34. The number of furan rings is 1. The van der Waals surface area contributed by atoms with E-state index >= 15 is 0 Å². The van der Waals surface area contributed by atoms with Gasteiger partial charge in [-0.3, -0.25) is 0 Å². The fourth-order valence-corrected chi connectivity index (χ4v) is 2.03. The van der Waals surface area contributed by atoms with Gasteiger partial charge in [0.1, 0.15) is 17.1 Å². The van der Waals surface area contributed by atoms with Crippen molar-refractivity contribution in [1.82, 2.24) is 5.32 Å². The molecule has 1 heterocycles. The highest BCUT2D eigenvalue weighted by molar-refractivity contribution is 5.92. The van der Waals surface area contributed by atoms with Gasteiger partial charge in [0.05, 0.1) is 26.5 Å². The van der Waals surface area contributed by atoms with Crippen molar-refractivity contribution in [2.24, 2.45) is 0 Å². The lowest BCUT2D eigenvalue weighted by molar-refractivity contribution is 0.0596. The second-order valence-electron chi connectivity index (χ2n) is 4.80. The molecule has 0 radical (unpaired) electrons. The molecule has 118 valence electrons. The highest BCUT2D eigenvalue weighted by Crippen LogP contribution is 2.19. The summed E-state index contributed by atoms with van der Waals surface area (Å²) in [5.41, 5.74) is 0.459. The molecule has 0 aliphatic rings. The number of para-hydroxylation sites is 1. The molecule has 0 spiro atoms. The zero-order valence-corrected chi connectivity index (χ0v) is 12.7. The highest BCUT2D eigenvalue weighted by Gasteiger charge is 2.11. The molecule has 2 aromatic rings. The van der Waals surface area contributed by atoms with E-state index in [1.165, 1.54) is 7.11 Å². The van der Waals surface area contributed by atoms with Crippen LogP contribution in [0.1, 0.15) is 29.0 Å². The van der Waals surface area contributed by atoms with Gasteiger partial charge in [-0.05, 0) is 43.7 Å². The molecule has 5 nitrogen and oxygen atoms in total. The van der Waals surface area contributed by atoms with Crippen molar-refractivity contribution in [2.45, 2.75) is 19.4 Å². The van der Waals surface area contributed by atoms with Crippen LogP contribution in [-0.4, -0.2) is 26.2 Å². The average molecular weight is 303 g/mol. The van der Waals surface area contributed by atoms with E-state index in [0.29, 0.717) is 17.9 Å². The number of esters is 1. The molecule has 22 heavy (non-hydrogen) atoms. The standard InChI is InChI=1S/C17H21NO4/c1-20-17(19)15-8-2-3-9-16(15)22-11-5-4-10-18-13-14-7-6-12-21-14/h2-3,6-9,12,18H,4-5,10-11,13H2,1H3. The lowest BCUT2D eigenvalue weighted by Crippen LogP contribution is -2.15. The fourth-order valence-electron chi connectivity index (χ4n) is 2.03. The zero-order chi connectivity index (χ0) is 15.6. The van der Waals surface area contributed by atoms with Gasteiger partial charge in [-0.25, -0.2) is 4.79 Å². The molecule has 0 saturated carbocycles. The van der Waals surface area contributed by atoms with Crippen molar-refractivity contribution >= 4 is 5.97 Å². The van der Waals surface area contributed by atoms with Crippen LogP contribution < -0.4 is 10.1 Å². The first-order valence-corrected chi connectivity index (χ1v) is 7.34. The molecule has 2 rings (SSSR count). The lowest BCUT2D eigenvalue weighted by atomic mass is 10.2. The summed E-state index contributed by atoms with van der Waals surface area (Å²) >= 11 is 0. The third-order valence-corrected chi connectivity index (χ3v) is 3.18. The number of hydrogen-bond acceptors (Lipinski definition) is 5. The number of carbonyl (C=O) groups excluding carboxylic acids is 1. The maximum atomic E-state index is 11.6. The summed E-state index contributed by atoms with van der Waals surface area (Å²) in [6.45, 7) is 2.19. The number of unbranched alkanes of at least 4 members (excludes halogenated alkanes) is 1. The van der Waals surface area contributed by atoms with E-state index in [-0.39, 0.29) is 5.97 Å². The van der Waals surface area contributed by atoms with Crippen LogP contribution in [0.3, 0.4) is 0 Å². The molecule has 1 aromatic heterocycles. The van der Waals surface area contributed by atoms with Crippen LogP contribution in [0.15, 0.2) is 47.1 Å². The minimum Gasteiger partial charge on any atom is -0.493 e. The second kappa shape index (κ2) is 8.89. The smallest absolute Gasteiger partial charge is 0.341 e. The number of hydrogen-bond donors (Lipinski definition) is 1. The van der Waals surface area contributed by atoms with Crippen LogP contribution in [-0.2, 0) is 11.3 Å². The predicted octanol–water partition coefficient (Wildman–Crippen LogP) is 3.02. The number of nitrogens with one attached hydrogen (secondary N) is 1. The Kier molecular flexibility index (Phi) is 6.51. The maximum absolute atomic E-state index is 11.6. The van der Waals surface area contributed by atoms with Gasteiger partial charge in [-0.2, -0.15) is 0 Å². The molecule has 0 unspecified atom stereocenters. The topological polar surface area (TPSA) is 60.7 Å². The maximum Gasteiger partial charge on any atom is 0.341 e. The van der Waals surface area contributed by atoms with Crippen molar-refractivity contribution in [1.29, 1.82) is 0 Å². The van der Waals surface area contributed by atoms with Crippen molar-refractivity contribution in [3.63, 3.8) is 0 Å². The number of benzene rings is 1. The summed E-state index contributed by atoms with van der Waals surface area (Å²) < 4.78 is 15.6. The van der Waals surface area contributed by atoms with E-state index in [2.05, 4.69) is 5.32 Å². The van der Waals surface area contributed by atoms with Gasteiger partial charge < -0.3 is 19.2 Å². The normalized spacial score (nSPS) is 10.4. The summed E-state index contributed by atoms with van der Waals surface area (Å²) in [5.74, 6) is 1.12. The van der Waals surface area contributed by atoms with Crippen LogP contribution in [0.25, 0.3) is 0 Å². The van der Waals surface area contributed by atoms with E-state index in [9.17, 15) is 4.79 Å². The van der Waals surface area contributed by atoms with E-state index < -0.39 is 0 Å². The largest absolute Gasteiger partial charge is 0.493 e. The summed E-state index contributed by atoms with van der Waals surface area (Å²) in [6.07, 6.45) is 3.56. The minimum absolute atomic E-state index is 0.379. The van der Waals surface area contributed by atoms with Crippen LogP contribution in [0, 0.1) is 0 Å². The van der Waals surface area contributed by atoms with Crippen molar-refractivity contribution in [3.05, 3.63) is 54.0 Å². The SMILES string of the molecule is COC(=O)c1ccccc1OCCCCNCc1ccco1. The van der Waals surface area contributed by atoms with Gasteiger partial charge in [-0.15, -0.1) is 0 Å². The molecule has 1 N–H and O–H groups in total. The fraction of sp³-hybridized carbons (Fsp3) is 0.353. The molecule has 0 bridgehead atoms. The summed E-state index contributed by atoms with van der Waals surface area (Å²) in [6, 6.07) is 10.9. The van der Waals surface area contributed by atoms with Crippen molar-refractivity contribution in [2.75, 3.05) is 20.3 Å². The Balaban J connectivity index is 1.63. The number of rotatable bonds is 9. The second-order valence-corrected chi connectivity index (χ2v) is 4.80. The third-order valence-electron chi connectivity index (χ3n) is 3.18. The van der Waals surface area contributed by atoms with Gasteiger partial charge in [0, 0.05) is 0 Å². The van der Waals surface area contributed by atoms with Gasteiger partial charge in [-0.1, -0.05) is 12.1 Å². The molecule has 0 saturated heterocycles. The Morgan fingerprint density at radius 3 is 2.82 bits per heavy atom. The molecule has 0 aliphatic carbocycles. The van der Waals surface area contributed by atoms with Crippen LogP contribution in [0.2, 0.25) is 0 Å². The number of carbonyl (C=O) groups is 1. The van der Waals surface area contributed by atoms with E-state index in [1.807, 2.05) is 18.2 Å². The third kappa shape index (κ3) is 4.93. The molecule has 0 aliphatic heterocycles. The van der Waals surface area contributed by atoms with Crippen LogP contribution >= 0.6 is 0 Å². The predicted molar refractivity (Wildman–Crippen MR) is 82.9 cm³/mol. The lowest BCUT2D eigenvalue weighted by Gasteiger charge is -2.10. The monoisotopic (exact) mass is 303 g/mol. The van der Waals surface area contributed by atoms with Gasteiger partial charge in [0.25, 0.3) is 0 Å². The quantitative estimate of drug-likeness (QED) is 0.570. The molecule has 0 fully saturated rings. The molecular formula is C17H21NO4. The van der Waals surface area contributed by atoms with Gasteiger partial charge in [0.2, 0.25) is 0 Å². The Bertz CT molecular complexity index is 566. The Labute approximate surface area is 130 Å². The number of ether oxygens (including phenoxy) is 2. The minimum atomic E-state index is -0.379. The Morgan fingerprint density at radius 1 is 1.18 bits per heavy atom. The highest BCUT2D eigenvalue weighted by atomic mass is 16.5. The van der Waals surface area contributed by atoms with Crippen LogP contribution in [0.5, 0.6) is 5.75 Å². The van der Waals surface area contributed by atoms with Gasteiger partial charge >= 0.3 is 5.97 Å². The molecule has 5 heteroatoms. The summed E-state index contributed by atoms with van der Waals surface area (Å²) in [4.78, 5) is 11.6. The van der Waals surface area contributed by atoms with Crippen molar-refractivity contribution in [3.8, 4) is 5.75 Å². The summed E-state index contributed by atoms with van der Waals surface area (Å²) in [7, 11) is 1.36. The zero-order valence-electron chi connectivity index (χ0n) is 12.7. The molecule has 1 aromatic carbocycles. The van der Waals surface area contributed by atoms with E-state index in [0.717, 1.165) is 31.7 Å².